The second kappa shape index (κ2) is 9.94. The molecule has 154 valence electrons. The van der Waals surface area contributed by atoms with Gasteiger partial charge in [-0.3, -0.25) is 31.3 Å². The summed E-state index contributed by atoms with van der Waals surface area (Å²) in [7, 11) is 0. The number of nitrogens with one attached hydrogen (secondary N) is 4. The summed E-state index contributed by atoms with van der Waals surface area (Å²) in [5.74, 6) is -0.0944. The molecule has 1 heterocycles. The third-order valence-corrected chi connectivity index (χ3v) is 4.06. The van der Waals surface area contributed by atoms with E-state index in [1.807, 2.05) is 6.07 Å². The molecule has 10 nitrogen and oxygen atoms in total. The lowest BCUT2D eigenvalue weighted by atomic mass is 10.2. The smallest absolute Gasteiger partial charge is 0.276 e. The van der Waals surface area contributed by atoms with Gasteiger partial charge in [0.25, 0.3) is 11.8 Å². The van der Waals surface area contributed by atoms with Crippen LogP contribution in [0.25, 0.3) is 0 Å². The number of nitrogen functional groups attached to an aromatic ring is 1. The summed E-state index contributed by atoms with van der Waals surface area (Å²) < 4.78 is 5.34. The minimum Gasteiger partial charge on any atom is -0.484 e. The first-order valence-electron chi connectivity index (χ1n) is 8.68. The van der Waals surface area contributed by atoms with Crippen molar-refractivity contribution in [1.82, 2.24) is 20.8 Å². The van der Waals surface area contributed by atoms with Gasteiger partial charge >= 0.3 is 0 Å². The average molecular weight is 428 g/mol. The van der Waals surface area contributed by atoms with Crippen molar-refractivity contribution in [1.29, 1.82) is 0 Å². The number of hydrogen-bond donors (Lipinski definition) is 5. The number of hydrogen-bond acceptors (Lipinski definition) is 8. The van der Waals surface area contributed by atoms with E-state index >= 15 is 0 Å². The number of nitrogens with zero attached hydrogens (tertiary/aromatic N) is 2. The van der Waals surface area contributed by atoms with E-state index in [1.165, 1.54) is 6.33 Å². The number of hydrazine groups is 2. The van der Waals surface area contributed by atoms with Gasteiger partial charge in [0, 0.05) is 0 Å². The van der Waals surface area contributed by atoms with Gasteiger partial charge < -0.3 is 10.5 Å². The number of aromatic nitrogens is 2. The zero-order valence-electron chi connectivity index (χ0n) is 15.6. The van der Waals surface area contributed by atoms with Gasteiger partial charge in [0.1, 0.15) is 17.8 Å². The van der Waals surface area contributed by atoms with Gasteiger partial charge in [0.2, 0.25) is 0 Å². The topological polar surface area (TPSA) is 143 Å². The minimum absolute atomic E-state index is 0.0706. The van der Waals surface area contributed by atoms with Crippen molar-refractivity contribution in [2.75, 3.05) is 23.2 Å². The number of amides is 2. The van der Waals surface area contributed by atoms with Crippen molar-refractivity contribution in [2.45, 2.75) is 0 Å². The summed E-state index contributed by atoms with van der Waals surface area (Å²) in [4.78, 5) is 32.0. The molecule has 1 aromatic heterocycles. The molecule has 0 radical (unpaired) electrons. The van der Waals surface area contributed by atoms with Gasteiger partial charge in [0.05, 0.1) is 10.6 Å². The lowest BCUT2D eigenvalue weighted by Gasteiger charge is -2.14. The van der Waals surface area contributed by atoms with Gasteiger partial charge in [-0.15, -0.1) is 0 Å². The van der Waals surface area contributed by atoms with Crippen LogP contribution in [0.3, 0.4) is 0 Å². The molecule has 0 aliphatic carbocycles. The summed E-state index contributed by atoms with van der Waals surface area (Å²) >= 11 is 5.99. The molecular weight excluding hydrogens is 410 g/mol. The van der Waals surface area contributed by atoms with Gasteiger partial charge in [0.15, 0.2) is 18.2 Å². The zero-order valence-corrected chi connectivity index (χ0v) is 16.3. The number of rotatable bonds is 8. The van der Waals surface area contributed by atoms with Crippen LogP contribution in [0.4, 0.5) is 17.3 Å². The van der Waals surface area contributed by atoms with Gasteiger partial charge in [-0.1, -0.05) is 41.9 Å². The molecule has 0 aliphatic rings. The molecule has 0 saturated carbocycles. The molecule has 3 rings (SSSR count). The van der Waals surface area contributed by atoms with Crippen LogP contribution < -0.4 is 32.2 Å². The molecule has 2 aromatic carbocycles. The van der Waals surface area contributed by atoms with Crippen LogP contribution in [0.5, 0.6) is 5.75 Å². The molecule has 3 aromatic rings. The van der Waals surface area contributed by atoms with E-state index in [0.717, 1.165) is 0 Å². The van der Waals surface area contributed by atoms with Gasteiger partial charge in [-0.05, 0) is 24.3 Å². The summed E-state index contributed by atoms with van der Waals surface area (Å²) in [6, 6.07) is 15.5. The van der Waals surface area contributed by atoms with Crippen LogP contribution in [0.1, 0.15) is 10.4 Å². The van der Waals surface area contributed by atoms with E-state index in [9.17, 15) is 9.59 Å². The highest BCUT2D eigenvalue weighted by atomic mass is 35.5. The summed E-state index contributed by atoms with van der Waals surface area (Å²) in [5, 5.41) is 0.301. The van der Waals surface area contributed by atoms with Gasteiger partial charge in [-0.2, -0.15) is 0 Å². The molecule has 0 spiro atoms. The molecule has 0 saturated heterocycles. The fraction of sp³-hybridized carbons (Fsp3) is 0.0526. The van der Waals surface area contributed by atoms with E-state index in [-0.39, 0.29) is 29.5 Å². The quantitative estimate of drug-likeness (QED) is 0.343. The number of halogens is 1. The molecule has 30 heavy (non-hydrogen) atoms. The minimum atomic E-state index is -0.473. The SMILES string of the molecule is Nc1c(NNC(=O)COc2ccccc2)ncnc1NNC(=O)c1ccccc1Cl. The first kappa shape index (κ1) is 20.7. The first-order chi connectivity index (χ1) is 14.5. The number of ether oxygens (including phenoxy) is 1. The van der Waals surface area contributed by atoms with E-state index < -0.39 is 11.8 Å². The number of carbonyl (C=O) groups is 2. The molecule has 0 atom stereocenters. The predicted octanol–water partition coefficient (Wildman–Crippen LogP) is 1.99. The fourth-order valence-electron chi connectivity index (χ4n) is 2.25. The van der Waals surface area contributed by atoms with Gasteiger partial charge in [-0.25, -0.2) is 9.97 Å². The summed E-state index contributed by atoms with van der Waals surface area (Å²) in [6.45, 7) is -0.207. The van der Waals surface area contributed by atoms with E-state index in [2.05, 4.69) is 31.7 Å². The molecule has 0 unspecified atom stereocenters. The van der Waals surface area contributed by atoms with Crippen LogP contribution in [-0.2, 0) is 4.79 Å². The first-order valence-corrected chi connectivity index (χ1v) is 9.06. The Labute approximate surface area is 176 Å². The molecule has 0 fully saturated rings. The second-order valence-corrected chi connectivity index (χ2v) is 6.23. The predicted molar refractivity (Wildman–Crippen MR) is 113 cm³/mol. The molecule has 2 amide bonds. The van der Waals surface area contributed by atoms with Crippen molar-refractivity contribution < 1.29 is 14.3 Å². The normalized spacial score (nSPS) is 10.0. The molecule has 0 bridgehead atoms. The third-order valence-electron chi connectivity index (χ3n) is 3.73. The maximum atomic E-state index is 12.2. The molecule has 6 N–H and O–H groups in total. The second-order valence-electron chi connectivity index (χ2n) is 5.82. The Kier molecular flexibility index (Phi) is 6.85. The largest absolute Gasteiger partial charge is 0.484 e. The Morgan fingerprint density at radius 2 is 1.57 bits per heavy atom. The maximum absolute atomic E-state index is 12.2. The van der Waals surface area contributed by atoms with Crippen molar-refractivity contribution >= 4 is 40.7 Å². The highest BCUT2D eigenvalue weighted by molar-refractivity contribution is 6.33. The Hall–Kier alpha value is -4.05. The maximum Gasteiger partial charge on any atom is 0.276 e. The van der Waals surface area contributed by atoms with E-state index in [1.54, 1.807) is 48.5 Å². The number of anilines is 3. The highest BCUT2D eigenvalue weighted by Crippen LogP contribution is 2.21. The van der Waals surface area contributed by atoms with Crippen LogP contribution in [-0.4, -0.2) is 28.4 Å². The van der Waals surface area contributed by atoms with Crippen LogP contribution >= 0.6 is 11.6 Å². The van der Waals surface area contributed by atoms with Crippen molar-refractivity contribution in [3.8, 4) is 5.75 Å². The lowest BCUT2D eigenvalue weighted by Crippen LogP contribution is -2.35. The summed E-state index contributed by atoms with van der Waals surface area (Å²) in [5.41, 5.74) is 16.4. The van der Waals surface area contributed by atoms with Crippen molar-refractivity contribution in [3.63, 3.8) is 0 Å². The monoisotopic (exact) mass is 427 g/mol. The number of carbonyl (C=O) groups excluding carboxylic acids is 2. The number of nitrogens with two attached hydrogens (primary N) is 1. The zero-order chi connectivity index (χ0) is 21.3. The summed E-state index contributed by atoms with van der Waals surface area (Å²) in [6.07, 6.45) is 1.20. The molecule has 0 aliphatic heterocycles. The van der Waals surface area contributed by atoms with E-state index in [4.69, 9.17) is 22.1 Å². The lowest BCUT2D eigenvalue weighted by molar-refractivity contribution is -0.122. The van der Waals surface area contributed by atoms with Crippen LogP contribution in [0.15, 0.2) is 60.9 Å². The Bertz CT molecular complexity index is 1030. The Balaban J connectivity index is 1.53. The Morgan fingerprint density at radius 1 is 0.933 bits per heavy atom. The van der Waals surface area contributed by atoms with E-state index in [0.29, 0.717) is 10.8 Å². The number of para-hydroxylation sites is 1. The van der Waals surface area contributed by atoms with Crippen molar-refractivity contribution in [3.05, 3.63) is 71.5 Å². The Morgan fingerprint density at radius 3 is 2.27 bits per heavy atom. The van der Waals surface area contributed by atoms with Crippen LogP contribution in [0, 0.1) is 0 Å². The van der Waals surface area contributed by atoms with Crippen molar-refractivity contribution in [2.24, 2.45) is 0 Å². The average Bonchev–Trinajstić information content (AvgIpc) is 2.77. The molecule has 11 heteroatoms. The fourth-order valence-corrected chi connectivity index (χ4v) is 2.48. The standard InChI is InChI=1S/C19H18ClN7O3/c20-14-9-5-4-8-13(14)19(29)27-26-18-16(21)17(22-11-23-18)25-24-15(28)10-30-12-6-2-1-3-7-12/h1-9,11H,10,21H2,(H,24,28)(H,27,29)(H2,22,23,25,26). The van der Waals surface area contributed by atoms with Crippen LogP contribution in [0.2, 0.25) is 5.02 Å². The third kappa shape index (κ3) is 5.49. The molecular formula is C19H18ClN7O3. The highest BCUT2D eigenvalue weighted by Gasteiger charge is 2.12. The number of benzene rings is 2.